The Labute approximate surface area is 105 Å². The standard InChI is InChI=1S/C13H27N3O/c1-3-13(14,4-2)12(17)15-8-11-16-9-6-5-7-10-16/h3-11,14H2,1-2H3,(H,15,17). The summed E-state index contributed by atoms with van der Waals surface area (Å²) in [4.78, 5) is 14.3. The maximum atomic E-state index is 11.9. The van der Waals surface area contributed by atoms with Crippen molar-refractivity contribution in [2.75, 3.05) is 26.2 Å². The van der Waals surface area contributed by atoms with E-state index in [-0.39, 0.29) is 5.91 Å². The number of nitrogens with two attached hydrogens (primary N) is 1. The van der Waals surface area contributed by atoms with Crippen LogP contribution >= 0.6 is 0 Å². The lowest BCUT2D eigenvalue weighted by molar-refractivity contribution is -0.126. The average molecular weight is 241 g/mol. The maximum absolute atomic E-state index is 11.9. The second-order valence-electron chi connectivity index (χ2n) is 5.02. The Hall–Kier alpha value is -0.610. The Morgan fingerprint density at radius 1 is 1.24 bits per heavy atom. The fraction of sp³-hybridized carbons (Fsp3) is 0.923. The smallest absolute Gasteiger partial charge is 0.240 e. The highest BCUT2D eigenvalue weighted by Crippen LogP contribution is 2.11. The van der Waals surface area contributed by atoms with Crippen LogP contribution in [0.4, 0.5) is 0 Å². The molecular formula is C13H27N3O. The maximum Gasteiger partial charge on any atom is 0.240 e. The summed E-state index contributed by atoms with van der Waals surface area (Å²) in [5, 5.41) is 2.97. The van der Waals surface area contributed by atoms with Crippen LogP contribution in [0.15, 0.2) is 0 Å². The topological polar surface area (TPSA) is 58.4 Å². The van der Waals surface area contributed by atoms with Crippen molar-refractivity contribution in [3.63, 3.8) is 0 Å². The minimum Gasteiger partial charge on any atom is -0.353 e. The van der Waals surface area contributed by atoms with E-state index in [0.29, 0.717) is 12.8 Å². The van der Waals surface area contributed by atoms with Crippen molar-refractivity contribution in [1.29, 1.82) is 0 Å². The number of hydrogen-bond donors (Lipinski definition) is 2. The van der Waals surface area contributed by atoms with E-state index in [4.69, 9.17) is 5.73 Å². The van der Waals surface area contributed by atoms with Crippen molar-refractivity contribution in [3.8, 4) is 0 Å². The number of likely N-dealkylation sites (tertiary alicyclic amines) is 1. The van der Waals surface area contributed by atoms with Crippen LogP contribution < -0.4 is 11.1 Å². The molecule has 17 heavy (non-hydrogen) atoms. The largest absolute Gasteiger partial charge is 0.353 e. The zero-order valence-corrected chi connectivity index (χ0v) is 11.3. The summed E-state index contributed by atoms with van der Waals surface area (Å²) in [7, 11) is 0. The minimum atomic E-state index is -0.679. The molecule has 4 nitrogen and oxygen atoms in total. The highest BCUT2D eigenvalue weighted by Gasteiger charge is 2.29. The van der Waals surface area contributed by atoms with Gasteiger partial charge in [-0.25, -0.2) is 0 Å². The molecule has 1 heterocycles. The lowest BCUT2D eigenvalue weighted by Crippen LogP contribution is -2.54. The van der Waals surface area contributed by atoms with E-state index in [1.54, 1.807) is 0 Å². The molecule has 1 aliphatic heterocycles. The number of piperidine rings is 1. The molecule has 0 unspecified atom stereocenters. The van der Waals surface area contributed by atoms with Crippen molar-refractivity contribution in [2.45, 2.75) is 51.5 Å². The molecule has 0 atom stereocenters. The predicted octanol–water partition coefficient (Wildman–Crippen LogP) is 1.11. The number of nitrogens with zero attached hydrogens (tertiary/aromatic N) is 1. The summed E-state index contributed by atoms with van der Waals surface area (Å²) in [5.74, 6) is -0.000454. The lowest BCUT2D eigenvalue weighted by atomic mass is 9.93. The first-order chi connectivity index (χ1) is 8.12. The van der Waals surface area contributed by atoms with Gasteiger partial charge < -0.3 is 16.0 Å². The van der Waals surface area contributed by atoms with Crippen LogP contribution in [0.3, 0.4) is 0 Å². The number of hydrogen-bond acceptors (Lipinski definition) is 3. The zero-order chi connectivity index (χ0) is 12.7. The van der Waals surface area contributed by atoms with Crippen LogP contribution in [0.5, 0.6) is 0 Å². The lowest BCUT2D eigenvalue weighted by Gasteiger charge is -2.28. The van der Waals surface area contributed by atoms with Crippen LogP contribution in [0, 0.1) is 0 Å². The molecule has 0 saturated carbocycles. The normalized spacial score (nSPS) is 18.1. The van der Waals surface area contributed by atoms with Gasteiger partial charge in [-0.1, -0.05) is 20.3 Å². The fourth-order valence-corrected chi connectivity index (χ4v) is 2.26. The number of nitrogens with one attached hydrogen (secondary N) is 1. The van der Waals surface area contributed by atoms with Gasteiger partial charge in [-0.2, -0.15) is 0 Å². The summed E-state index contributed by atoms with van der Waals surface area (Å²) in [6.45, 7) is 7.95. The van der Waals surface area contributed by atoms with Gasteiger partial charge in [0, 0.05) is 13.1 Å². The quantitative estimate of drug-likeness (QED) is 0.732. The molecule has 0 aromatic heterocycles. The highest BCUT2D eigenvalue weighted by molar-refractivity contribution is 5.85. The van der Waals surface area contributed by atoms with E-state index in [9.17, 15) is 4.79 Å². The van der Waals surface area contributed by atoms with Crippen LogP contribution in [0.1, 0.15) is 46.0 Å². The van der Waals surface area contributed by atoms with E-state index in [0.717, 1.165) is 13.1 Å². The van der Waals surface area contributed by atoms with E-state index in [1.165, 1.54) is 32.4 Å². The summed E-state index contributed by atoms with van der Waals surface area (Å²) < 4.78 is 0. The number of carbonyl (C=O) groups excluding carboxylic acids is 1. The SMILES string of the molecule is CCC(N)(CC)C(=O)NCCN1CCCCC1. The fourth-order valence-electron chi connectivity index (χ4n) is 2.26. The van der Waals surface area contributed by atoms with Crippen LogP contribution in [0.25, 0.3) is 0 Å². The van der Waals surface area contributed by atoms with E-state index in [2.05, 4.69) is 10.2 Å². The third-order valence-corrected chi connectivity index (χ3v) is 3.88. The molecular weight excluding hydrogens is 214 g/mol. The molecule has 1 amide bonds. The highest BCUT2D eigenvalue weighted by atomic mass is 16.2. The second-order valence-corrected chi connectivity index (χ2v) is 5.02. The van der Waals surface area contributed by atoms with E-state index < -0.39 is 5.54 Å². The summed E-state index contributed by atoms with van der Waals surface area (Å²) in [6.07, 6.45) is 5.32. The average Bonchev–Trinajstić information content (AvgIpc) is 2.39. The first-order valence-corrected chi connectivity index (χ1v) is 6.92. The molecule has 0 spiro atoms. The van der Waals surface area contributed by atoms with Gasteiger partial charge in [-0.3, -0.25) is 4.79 Å². The third-order valence-electron chi connectivity index (χ3n) is 3.88. The second kappa shape index (κ2) is 6.97. The van der Waals surface area contributed by atoms with Crippen molar-refractivity contribution < 1.29 is 4.79 Å². The molecule has 1 saturated heterocycles. The zero-order valence-electron chi connectivity index (χ0n) is 11.3. The van der Waals surface area contributed by atoms with Crippen molar-refractivity contribution in [2.24, 2.45) is 5.73 Å². The van der Waals surface area contributed by atoms with E-state index in [1.807, 2.05) is 13.8 Å². The minimum absolute atomic E-state index is 0.000454. The van der Waals surface area contributed by atoms with Crippen LogP contribution in [-0.2, 0) is 4.79 Å². The first kappa shape index (κ1) is 14.5. The number of rotatable bonds is 6. The molecule has 1 fully saturated rings. The number of carbonyl (C=O) groups is 1. The molecule has 100 valence electrons. The van der Waals surface area contributed by atoms with Gasteiger partial charge in [0.05, 0.1) is 5.54 Å². The molecule has 0 aromatic rings. The Morgan fingerprint density at radius 2 is 1.82 bits per heavy atom. The van der Waals surface area contributed by atoms with Gasteiger partial charge >= 0.3 is 0 Å². The molecule has 1 rings (SSSR count). The molecule has 0 aliphatic carbocycles. The first-order valence-electron chi connectivity index (χ1n) is 6.92. The molecule has 1 aliphatic rings. The molecule has 4 heteroatoms. The Balaban J connectivity index is 2.23. The van der Waals surface area contributed by atoms with Crippen molar-refractivity contribution >= 4 is 5.91 Å². The van der Waals surface area contributed by atoms with Gasteiger partial charge in [-0.05, 0) is 38.8 Å². The van der Waals surface area contributed by atoms with Crippen molar-refractivity contribution in [3.05, 3.63) is 0 Å². The Bertz CT molecular complexity index is 233. The molecule has 0 aromatic carbocycles. The van der Waals surface area contributed by atoms with Crippen LogP contribution in [-0.4, -0.2) is 42.5 Å². The van der Waals surface area contributed by atoms with Crippen molar-refractivity contribution in [1.82, 2.24) is 10.2 Å². The number of amides is 1. The van der Waals surface area contributed by atoms with Gasteiger partial charge in [0.2, 0.25) is 5.91 Å². The van der Waals surface area contributed by atoms with E-state index >= 15 is 0 Å². The van der Waals surface area contributed by atoms with Gasteiger partial charge in [-0.15, -0.1) is 0 Å². The predicted molar refractivity (Wildman–Crippen MR) is 70.8 cm³/mol. The summed E-state index contributed by atoms with van der Waals surface area (Å²) >= 11 is 0. The molecule has 0 bridgehead atoms. The van der Waals surface area contributed by atoms with Crippen LogP contribution in [0.2, 0.25) is 0 Å². The monoisotopic (exact) mass is 241 g/mol. The summed E-state index contributed by atoms with van der Waals surface area (Å²) in [6, 6.07) is 0. The van der Waals surface area contributed by atoms with Gasteiger partial charge in [0.15, 0.2) is 0 Å². The Morgan fingerprint density at radius 3 is 2.35 bits per heavy atom. The van der Waals surface area contributed by atoms with Gasteiger partial charge in [0.25, 0.3) is 0 Å². The Kier molecular flexibility index (Phi) is 5.92. The molecule has 0 radical (unpaired) electrons. The third kappa shape index (κ3) is 4.28. The molecule has 3 N–H and O–H groups in total. The summed E-state index contributed by atoms with van der Waals surface area (Å²) in [5.41, 5.74) is 5.36. The van der Waals surface area contributed by atoms with Gasteiger partial charge in [0.1, 0.15) is 0 Å².